The SMILES string of the molecule is CCC(CN)N1CCN(c2ncc3ccccc3n2)CC1. The van der Waals surface area contributed by atoms with E-state index in [2.05, 4.69) is 26.7 Å². The van der Waals surface area contributed by atoms with Gasteiger partial charge in [0, 0.05) is 50.3 Å². The number of hydrogen-bond acceptors (Lipinski definition) is 5. The molecule has 0 aliphatic carbocycles. The van der Waals surface area contributed by atoms with E-state index in [-0.39, 0.29) is 0 Å². The molecule has 1 saturated heterocycles. The van der Waals surface area contributed by atoms with E-state index in [1.165, 1.54) is 0 Å². The van der Waals surface area contributed by atoms with Crippen LogP contribution in [0, 0.1) is 0 Å². The summed E-state index contributed by atoms with van der Waals surface area (Å²) in [5, 5.41) is 1.09. The van der Waals surface area contributed by atoms with E-state index in [4.69, 9.17) is 5.73 Å². The molecule has 5 nitrogen and oxygen atoms in total. The van der Waals surface area contributed by atoms with Crippen molar-refractivity contribution < 1.29 is 0 Å². The summed E-state index contributed by atoms with van der Waals surface area (Å²) in [6.07, 6.45) is 3.03. The van der Waals surface area contributed by atoms with Crippen LogP contribution in [0.15, 0.2) is 30.5 Å². The van der Waals surface area contributed by atoms with Crippen LogP contribution in [0.25, 0.3) is 10.9 Å². The van der Waals surface area contributed by atoms with Crippen LogP contribution in [0.4, 0.5) is 5.95 Å². The van der Waals surface area contributed by atoms with E-state index in [1.54, 1.807) is 0 Å². The fraction of sp³-hybridized carbons (Fsp3) is 0.500. The first-order chi connectivity index (χ1) is 10.3. The molecule has 1 aliphatic rings. The van der Waals surface area contributed by atoms with Gasteiger partial charge in [-0.2, -0.15) is 0 Å². The molecule has 1 aromatic carbocycles. The molecule has 0 saturated carbocycles. The molecule has 5 heteroatoms. The van der Waals surface area contributed by atoms with Gasteiger partial charge in [-0.05, 0) is 12.5 Å². The summed E-state index contributed by atoms with van der Waals surface area (Å²) >= 11 is 0. The second-order valence-corrected chi connectivity index (χ2v) is 5.55. The average molecular weight is 285 g/mol. The fourth-order valence-electron chi connectivity index (χ4n) is 2.98. The van der Waals surface area contributed by atoms with Crippen molar-refractivity contribution in [2.75, 3.05) is 37.6 Å². The van der Waals surface area contributed by atoms with Gasteiger partial charge in [0.05, 0.1) is 5.52 Å². The summed E-state index contributed by atoms with van der Waals surface area (Å²) in [6, 6.07) is 8.62. The highest BCUT2D eigenvalue weighted by molar-refractivity contribution is 5.78. The Bertz CT molecular complexity index is 588. The average Bonchev–Trinajstić information content (AvgIpc) is 2.56. The minimum atomic E-state index is 0.504. The van der Waals surface area contributed by atoms with Crippen LogP contribution in [-0.4, -0.2) is 53.6 Å². The molecule has 112 valence electrons. The Kier molecular flexibility index (Phi) is 4.31. The molecule has 2 heterocycles. The van der Waals surface area contributed by atoms with Crippen LogP contribution in [0.2, 0.25) is 0 Å². The van der Waals surface area contributed by atoms with Crippen molar-refractivity contribution in [1.29, 1.82) is 0 Å². The van der Waals surface area contributed by atoms with Gasteiger partial charge in [0.25, 0.3) is 0 Å². The molecule has 0 radical (unpaired) electrons. The largest absolute Gasteiger partial charge is 0.338 e. The molecule has 3 rings (SSSR count). The fourth-order valence-corrected chi connectivity index (χ4v) is 2.98. The van der Waals surface area contributed by atoms with Crippen molar-refractivity contribution in [3.8, 4) is 0 Å². The number of para-hydroxylation sites is 1. The number of anilines is 1. The van der Waals surface area contributed by atoms with Gasteiger partial charge in [-0.25, -0.2) is 9.97 Å². The number of nitrogens with two attached hydrogens (primary N) is 1. The van der Waals surface area contributed by atoms with Crippen molar-refractivity contribution in [1.82, 2.24) is 14.9 Å². The summed E-state index contributed by atoms with van der Waals surface area (Å²) in [4.78, 5) is 13.9. The van der Waals surface area contributed by atoms with Gasteiger partial charge >= 0.3 is 0 Å². The van der Waals surface area contributed by atoms with Gasteiger partial charge in [-0.1, -0.05) is 25.1 Å². The van der Waals surface area contributed by atoms with Gasteiger partial charge in [0.15, 0.2) is 0 Å². The summed E-state index contributed by atoms with van der Waals surface area (Å²) in [6.45, 7) is 6.95. The van der Waals surface area contributed by atoms with Gasteiger partial charge in [-0.15, -0.1) is 0 Å². The van der Waals surface area contributed by atoms with Crippen LogP contribution in [0.5, 0.6) is 0 Å². The van der Waals surface area contributed by atoms with Gasteiger partial charge in [0.2, 0.25) is 5.95 Å². The lowest BCUT2D eigenvalue weighted by Gasteiger charge is -2.38. The lowest BCUT2D eigenvalue weighted by atomic mass is 10.1. The maximum Gasteiger partial charge on any atom is 0.225 e. The van der Waals surface area contributed by atoms with Crippen LogP contribution in [0.1, 0.15) is 13.3 Å². The zero-order chi connectivity index (χ0) is 14.7. The Hall–Kier alpha value is -1.72. The number of hydrogen-bond donors (Lipinski definition) is 1. The first-order valence-corrected chi connectivity index (χ1v) is 7.72. The first kappa shape index (κ1) is 14.2. The van der Waals surface area contributed by atoms with E-state index < -0.39 is 0 Å². The summed E-state index contributed by atoms with van der Waals surface area (Å²) < 4.78 is 0. The van der Waals surface area contributed by atoms with Crippen LogP contribution in [-0.2, 0) is 0 Å². The Morgan fingerprint density at radius 2 is 1.95 bits per heavy atom. The third-order valence-corrected chi connectivity index (χ3v) is 4.33. The minimum absolute atomic E-state index is 0.504. The molecule has 1 unspecified atom stereocenters. The Labute approximate surface area is 125 Å². The summed E-state index contributed by atoms with van der Waals surface area (Å²) in [5.74, 6) is 0.842. The quantitative estimate of drug-likeness (QED) is 0.922. The maximum absolute atomic E-state index is 5.84. The molecule has 2 aromatic rings. The number of nitrogens with zero attached hydrogens (tertiary/aromatic N) is 4. The first-order valence-electron chi connectivity index (χ1n) is 7.72. The molecule has 1 aromatic heterocycles. The molecule has 21 heavy (non-hydrogen) atoms. The highest BCUT2D eigenvalue weighted by atomic mass is 15.3. The lowest BCUT2D eigenvalue weighted by molar-refractivity contribution is 0.184. The molecule has 0 amide bonds. The summed E-state index contributed by atoms with van der Waals surface area (Å²) in [7, 11) is 0. The van der Waals surface area contributed by atoms with Crippen molar-refractivity contribution in [3.63, 3.8) is 0 Å². The van der Waals surface area contributed by atoms with Crippen molar-refractivity contribution in [2.45, 2.75) is 19.4 Å². The molecule has 1 fully saturated rings. The third-order valence-electron chi connectivity index (χ3n) is 4.33. The smallest absolute Gasteiger partial charge is 0.225 e. The number of rotatable bonds is 4. The highest BCUT2D eigenvalue weighted by Crippen LogP contribution is 2.17. The summed E-state index contributed by atoms with van der Waals surface area (Å²) in [5.41, 5.74) is 6.85. The van der Waals surface area contributed by atoms with Crippen molar-refractivity contribution in [2.24, 2.45) is 5.73 Å². The topological polar surface area (TPSA) is 58.3 Å². The molecular formula is C16H23N5. The van der Waals surface area contributed by atoms with Gasteiger partial charge in [-0.3, -0.25) is 4.90 Å². The van der Waals surface area contributed by atoms with E-state index in [1.807, 2.05) is 30.5 Å². The second-order valence-electron chi connectivity index (χ2n) is 5.55. The highest BCUT2D eigenvalue weighted by Gasteiger charge is 2.23. The standard InChI is InChI=1S/C16H23N5/c1-2-14(11-17)20-7-9-21(10-8-20)16-18-12-13-5-3-4-6-15(13)19-16/h3-6,12,14H,2,7-11,17H2,1H3. The Morgan fingerprint density at radius 3 is 2.67 bits per heavy atom. The van der Waals surface area contributed by atoms with Crippen molar-refractivity contribution in [3.05, 3.63) is 30.5 Å². The van der Waals surface area contributed by atoms with Crippen molar-refractivity contribution >= 4 is 16.9 Å². The monoisotopic (exact) mass is 285 g/mol. The van der Waals surface area contributed by atoms with E-state index in [0.29, 0.717) is 6.04 Å². The zero-order valence-electron chi connectivity index (χ0n) is 12.6. The predicted octanol–water partition coefficient (Wildman–Crippen LogP) is 1.49. The number of benzene rings is 1. The third kappa shape index (κ3) is 2.99. The minimum Gasteiger partial charge on any atom is -0.338 e. The molecule has 0 bridgehead atoms. The van der Waals surface area contributed by atoms with E-state index in [0.717, 1.165) is 56.0 Å². The van der Waals surface area contributed by atoms with E-state index >= 15 is 0 Å². The second kappa shape index (κ2) is 6.37. The molecule has 0 spiro atoms. The van der Waals surface area contributed by atoms with Crippen LogP contribution >= 0.6 is 0 Å². The maximum atomic E-state index is 5.84. The Morgan fingerprint density at radius 1 is 1.19 bits per heavy atom. The molecule has 2 N–H and O–H groups in total. The zero-order valence-corrected chi connectivity index (χ0v) is 12.6. The number of piperazine rings is 1. The normalized spacial score (nSPS) is 18.1. The Balaban J connectivity index is 1.70. The molecular weight excluding hydrogens is 262 g/mol. The van der Waals surface area contributed by atoms with Crippen LogP contribution < -0.4 is 10.6 Å². The van der Waals surface area contributed by atoms with Gasteiger partial charge in [0.1, 0.15) is 0 Å². The van der Waals surface area contributed by atoms with Crippen LogP contribution in [0.3, 0.4) is 0 Å². The molecule has 1 atom stereocenters. The van der Waals surface area contributed by atoms with Gasteiger partial charge < -0.3 is 10.6 Å². The lowest BCUT2D eigenvalue weighted by Crippen LogP contribution is -2.52. The predicted molar refractivity (Wildman–Crippen MR) is 86.5 cm³/mol. The number of fused-ring (bicyclic) bond motifs is 1. The van der Waals surface area contributed by atoms with E-state index in [9.17, 15) is 0 Å². The number of aromatic nitrogens is 2. The molecule has 1 aliphatic heterocycles.